The van der Waals surface area contributed by atoms with Crippen LogP contribution in [0.2, 0.25) is 0 Å². The van der Waals surface area contributed by atoms with Crippen LogP contribution in [0.3, 0.4) is 0 Å². The summed E-state index contributed by atoms with van der Waals surface area (Å²) in [6, 6.07) is 11.1. The molecule has 3 amide bonds. The van der Waals surface area contributed by atoms with Crippen LogP contribution < -0.4 is 5.32 Å². The summed E-state index contributed by atoms with van der Waals surface area (Å²) in [5.74, 6) is -1.98. The molecule has 0 aliphatic carbocycles. The molecule has 0 bridgehead atoms. The number of hydrogen-bond donors (Lipinski definition) is 1. The van der Waals surface area contributed by atoms with Crippen molar-refractivity contribution in [1.29, 1.82) is 0 Å². The number of amides is 3. The van der Waals surface area contributed by atoms with Crippen LogP contribution >= 0.6 is 0 Å². The van der Waals surface area contributed by atoms with Crippen molar-refractivity contribution in [1.82, 2.24) is 29.4 Å². The zero-order chi connectivity index (χ0) is 30.3. The van der Waals surface area contributed by atoms with E-state index in [1.54, 1.807) is 16.9 Å². The number of ether oxygens (including phenoxy) is 2. The molecule has 5 rings (SSSR count). The van der Waals surface area contributed by atoms with Crippen LogP contribution in [0.15, 0.2) is 48.8 Å². The van der Waals surface area contributed by atoms with E-state index in [4.69, 9.17) is 14.3 Å². The fourth-order valence-corrected chi connectivity index (χ4v) is 4.47. The van der Waals surface area contributed by atoms with Crippen LogP contribution in [0.25, 0.3) is 16.9 Å². The van der Waals surface area contributed by atoms with Crippen molar-refractivity contribution in [2.24, 2.45) is 0 Å². The van der Waals surface area contributed by atoms with Crippen LogP contribution in [0.5, 0.6) is 0 Å². The Balaban J connectivity index is 1.00. The Morgan fingerprint density at radius 3 is 2.42 bits per heavy atom. The van der Waals surface area contributed by atoms with Crippen molar-refractivity contribution in [3.8, 4) is 11.3 Å². The topological polar surface area (TPSA) is 159 Å². The lowest BCUT2D eigenvalue weighted by Gasteiger charge is -2.12. The maximum absolute atomic E-state index is 12.9. The predicted molar refractivity (Wildman–Crippen MR) is 152 cm³/mol. The van der Waals surface area contributed by atoms with Crippen molar-refractivity contribution >= 4 is 35.0 Å². The quantitative estimate of drug-likeness (QED) is 0.181. The van der Waals surface area contributed by atoms with Gasteiger partial charge in [0.15, 0.2) is 0 Å². The molecule has 1 aromatic carbocycles. The Morgan fingerprint density at radius 2 is 1.67 bits per heavy atom. The summed E-state index contributed by atoms with van der Waals surface area (Å²) in [6.45, 7) is 5.37. The molecule has 4 heterocycles. The van der Waals surface area contributed by atoms with Crippen LogP contribution in [-0.2, 0) is 35.2 Å². The van der Waals surface area contributed by atoms with Gasteiger partial charge in [-0.1, -0.05) is 17.3 Å². The maximum Gasteiger partial charge on any atom is 0.335 e. The highest BCUT2D eigenvalue weighted by atomic mass is 16.7. The van der Waals surface area contributed by atoms with E-state index < -0.39 is 17.8 Å². The van der Waals surface area contributed by atoms with Gasteiger partial charge in [-0.25, -0.2) is 14.5 Å². The van der Waals surface area contributed by atoms with Gasteiger partial charge in [0.05, 0.1) is 51.2 Å². The molecule has 0 saturated carbocycles. The number of hydrogen-bond acceptors (Lipinski definition) is 10. The maximum atomic E-state index is 12.9. The molecule has 1 fully saturated rings. The molecule has 43 heavy (non-hydrogen) atoms. The van der Waals surface area contributed by atoms with Crippen molar-refractivity contribution < 1.29 is 33.5 Å². The Bertz CT molecular complexity index is 1630. The fraction of sp³-hybridized carbons (Fsp3) is 0.345. The zero-order valence-corrected chi connectivity index (χ0v) is 23.8. The van der Waals surface area contributed by atoms with Crippen LogP contribution in [0, 0.1) is 13.8 Å². The first-order valence-corrected chi connectivity index (χ1v) is 13.8. The summed E-state index contributed by atoms with van der Waals surface area (Å²) in [7, 11) is 0. The molecule has 224 valence electrons. The van der Waals surface area contributed by atoms with Crippen molar-refractivity contribution in [3.63, 3.8) is 0 Å². The largest absolute Gasteiger partial charge is 0.378 e. The summed E-state index contributed by atoms with van der Waals surface area (Å²) in [4.78, 5) is 56.8. The van der Waals surface area contributed by atoms with Crippen LogP contribution in [-0.4, -0.2) is 79.6 Å². The van der Waals surface area contributed by atoms with E-state index in [1.807, 2.05) is 54.8 Å². The Kier molecular flexibility index (Phi) is 9.17. The van der Waals surface area contributed by atoms with E-state index in [-0.39, 0.29) is 38.4 Å². The van der Waals surface area contributed by atoms with Gasteiger partial charge in [0.25, 0.3) is 17.7 Å². The number of nitrogens with one attached hydrogen (secondary N) is 1. The van der Waals surface area contributed by atoms with Gasteiger partial charge in [-0.2, -0.15) is 0 Å². The molecule has 1 N–H and O–H groups in total. The van der Waals surface area contributed by atoms with Crippen LogP contribution in [0.1, 0.15) is 41.0 Å². The minimum Gasteiger partial charge on any atom is -0.378 e. The number of carbonyl (C=O) groups excluding carboxylic acids is 4. The van der Waals surface area contributed by atoms with Gasteiger partial charge >= 0.3 is 5.97 Å². The molecular formula is C29H31N7O7. The SMILES string of the molecule is Cc1cc(C)n2ccc(C(=O)Nc3ccc(-c4cn(CCOCCOCCC(=O)ON5C(=O)CCC5=O)nn4)cc3)c2n1. The first-order chi connectivity index (χ1) is 20.8. The number of rotatable bonds is 13. The molecule has 0 atom stereocenters. The van der Waals surface area contributed by atoms with E-state index in [0.29, 0.717) is 47.4 Å². The Morgan fingerprint density at radius 1 is 0.953 bits per heavy atom. The molecule has 0 spiro atoms. The number of carbonyl (C=O) groups is 4. The fourth-order valence-electron chi connectivity index (χ4n) is 4.47. The molecule has 1 aliphatic rings. The van der Waals surface area contributed by atoms with E-state index in [0.717, 1.165) is 17.0 Å². The number of hydroxylamine groups is 2. The molecule has 1 aliphatic heterocycles. The molecule has 3 aromatic heterocycles. The number of aryl methyl sites for hydroxylation is 2. The van der Waals surface area contributed by atoms with Crippen molar-refractivity contribution in [2.45, 2.75) is 39.7 Å². The first-order valence-electron chi connectivity index (χ1n) is 13.8. The lowest BCUT2D eigenvalue weighted by Crippen LogP contribution is -2.32. The minimum atomic E-state index is -0.709. The molecule has 14 nitrogen and oxygen atoms in total. The van der Waals surface area contributed by atoms with Gasteiger partial charge in [0.2, 0.25) is 0 Å². The normalized spacial score (nSPS) is 13.2. The molecule has 1 saturated heterocycles. The summed E-state index contributed by atoms with van der Waals surface area (Å²) in [6.07, 6.45) is 3.66. The zero-order valence-electron chi connectivity index (χ0n) is 23.8. The highest BCUT2D eigenvalue weighted by Crippen LogP contribution is 2.21. The third-order valence-electron chi connectivity index (χ3n) is 6.65. The molecule has 0 radical (unpaired) electrons. The van der Waals surface area contributed by atoms with Gasteiger partial charge in [0.1, 0.15) is 11.3 Å². The summed E-state index contributed by atoms with van der Waals surface area (Å²) >= 11 is 0. The molecule has 4 aromatic rings. The number of fused-ring (bicyclic) bond motifs is 1. The van der Waals surface area contributed by atoms with E-state index in [2.05, 4.69) is 20.6 Å². The number of anilines is 1. The lowest BCUT2D eigenvalue weighted by molar-refractivity contribution is -0.198. The van der Waals surface area contributed by atoms with Gasteiger partial charge in [-0.15, -0.1) is 10.2 Å². The van der Waals surface area contributed by atoms with Crippen molar-refractivity contribution in [2.75, 3.05) is 31.7 Å². The number of aromatic nitrogens is 5. The number of nitrogens with zero attached hydrogens (tertiary/aromatic N) is 6. The second kappa shape index (κ2) is 13.4. The summed E-state index contributed by atoms with van der Waals surface area (Å²) < 4.78 is 14.4. The molecular weight excluding hydrogens is 558 g/mol. The lowest BCUT2D eigenvalue weighted by atomic mass is 10.1. The van der Waals surface area contributed by atoms with E-state index >= 15 is 0 Å². The van der Waals surface area contributed by atoms with Crippen molar-refractivity contribution in [3.05, 3.63) is 65.7 Å². The molecule has 14 heteroatoms. The summed E-state index contributed by atoms with van der Waals surface area (Å²) in [5, 5.41) is 11.8. The van der Waals surface area contributed by atoms with Gasteiger partial charge in [-0.3, -0.25) is 14.4 Å². The second-order valence-corrected chi connectivity index (χ2v) is 9.88. The third kappa shape index (κ3) is 7.28. The smallest absolute Gasteiger partial charge is 0.335 e. The standard InChI is InChI=1S/C29H31N7O7/c1-19-17-20(2)35-11-9-23(28(35)30-19)29(40)31-22-5-3-21(4-6-22)24-18-34(33-32-24)12-14-42-16-15-41-13-10-27(39)43-36-25(37)7-8-26(36)38/h3-6,9,11,17-18H,7-8,10,12-16H2,1-2H3,(H,31,40). The average molecular weight is 590 g/mol. The predicted octanol–water partition coefficient (Wildman–Crippen LogP) is 2.49. The highest BCUT2D eigenvalue weighted by molar-refractivity contribution is 6.08. The summed E-state index contributed by atoms with van der Waals surface area (Å²) in [5.41, 5.74) is 5.15. The third-order valence-corrected chi connectivity index (χ3v) is 6.65. The van der Waals surface area contributed by atoms with Gasteiger partial charge in [0, 0.05) is 41.7 Å². The van der Waals surface area contributed by atoms with E-state index in [9.17, 15) is 19.2 Å². The van der Waals surface area contributed by atoms with Gasteiger partial charge < -0.3 is 24.0 Å². The highest BCUT2D eigenvalue weighted by Gasteiger charge is 2.32. The number of imide groups is 1. The average Bonchev–Trinajstić information content (AvgIpc) is 3.71. The number of benzene rings is 1. The monoisotopic (exact) mass is 589 g/mol. The van der Waals surface area contributed by atoms with Crippen LogP contribution in [0.4, 0.5) is 5.69 Å². The minimum absolute atomic E-state index is 0.0513. The van der Waals surface area contributed by atoms with E-state index in [1.165, 1.54) is 0 Å². The Hall–Kier alpha value is -4.95. The molecule has 0 unspecified atom stereocenters. The second-order valence-electron chi connectivity index (χ2n) is 9.88. The first kappa shape index (κ1) is 29.5. The van der Waals surface area contributed by atoms with Gasteiger partial charge in [-0.05, 0) is 38.1 Å². The Labute approximate surface area is 246 Å².